The highest BCUT2D eigenvalue weighted by molar-refractivity contribution is 6.25. The van der Waals surface area contributed by atoms with E-state index in [1.54, 1.807) is 23.1 Å². The molecule has 0 spiro atoms. The SMILES string of the molecule is CN(CCCOC1CCN(C(=O)OCc2ccccc2)CC1)c1cccc2c1C(=O)N(C1CCC(=O)NC1=O)C2=O. The molecule has 216 valence electrons. The molecule has 0 bridgehead atoms. The highest BCUT2D eigenvalue weighted by Crippen LogP contribution is 2.34. The molecule has 0 aromatic heterocycles. The minimum Gasteiger partial charge on any atom is -0.445 e. The van der Waals surface area contributed by atoms with Crippen LogP contribution in [0.4, 0.5) is 10.5 Å². The molecule has 1 atom stereocenters. The number of likely N-dealkylation sites (tertiary alicyclic amines) is 1. The van der Waals surface area contributed by atoms with E-state index in [1.807, 2.05) is 42.3 Å². The molecule has 2 saturated heterocycles. The third-order valence-corrected chi connectivity index (χ3v) is 7.75. The number of rotatable bonds is 9. The zero-order valence-electron chi connectivity index (χ0n) is 23.0. The quantitative estimate of drug-likeness (QED) is 0.365. The molecule has 0 saturated carbocycles. The van der Waals surface area contributed by atoms with Gasteiger partial charge in [0.25, 0.3) is 11.8 Å². The Bertz CT molecular complexity index is 1320. The van der Waals surface area contributed by atoms with Gasteiger partial charge in [0.05, 0.1) is 22.9 Å². The fraction of sp³-hybridized carbons (Fsp3) is 0.433. The first-order valence-corrected chi connectivity index (χ1v) is 14.0. The number of ether oxygens (including phenoxy) is 2. The molecule has 11 nitrogen and oxygen atoms in total. The van der Waals surface area contributed by atoms with Crippen LogP contribution in [-0.4, -0.2) is 85.0 Å². The second-order valence-corrected chi connectivity index (χ2v) is 10.5. The van der Waals surface area contributed by atoms with E-state index in [0.717, 1.165) is 23.3 Å². The lowest BCUT2D eigenvalue weighted by Crippen LogP contribution is -2.54. The van der Waals surface area contributed by atoms with Crippen molar-refractivity contribution in [3.05, 3.63) is 65.2 Å². The van der Waals surface area contributed by atoms with Crippen LogP contribution in [0.5, 0.6) is 0 Å². The summed E-state index contributed by atoms with van der Waals surface area (Å²) in [7, 11) is 1.85. The summed E-state index contributed by atoms with van der Waals surface area (Å²) in [5, 5.41) is 2.22. The van der Waals surface area contributed by atoms with Crippen molar-refractivity contribution in [2.75, 3.05) is 38.2 Å². The van der Waals surface area contributed by atoms with Gasteiger partial charge in [-0.2, -0.15) is 0 Å². The molecule has 2 aromatic rings. The summed E-state index contributed by atoms with van der Waals surface area (Å²) < 4.78 is 11.5. The highest BCUT2D eigenvalue weighted by Gasteiger charge is 2.45. The first-order valence-electron chi connectivity index (χ1n) is 14.0. The van der Waals surface area contributed by atoms with Crippen molar-refractivity contribution in [2.24, 2.45) is 0 Å². The van der Waals surface area contributed by atoms with Gasteiger partial charge in [-0.1, -0.05) is 36.4 Å². The van der Waals surface area contributed by atoms with E-state index in [4.69, 9.17) is 9.47 Å². The Balaban J connectivity index is 1.07. The molecule has 41 heavy (non-hydrogen) atoms. The largest absolute Gasteiger partial charge is 0.445 e. The van der Waals surface area contributed by atoms with Crippen molar-refractivity contribution in [1.29, 1.82) is 0 Å². The maximum atomic E-state index is 13.3. The molecule has 2 fully saturated rings. The number of hydrogen-bond donors (Lipinski definition) is 1. The van der Waals surface area contributed by atoms with Gasteiger partial charge in [-0.3, -0.25) is 29.4 Å². The van der Waals surface area contributed by atoms with Crippen LogP contribution in [0.2, 0.25) is 0 Å². The predicted octanol–water partition coefficient (Wildman–Crippen LogP) is 2.73. The second kappa shape index (κ2) is 12.5. The Hall–Kier alpha value is -4.25. The van der Waals surface area contributed by atoms with E-state index in [-0.39, 0.29) is 42.8 Å². The number of amides is 5. The lowest BCUT2D eigenvalue weighted by molar-refractivity contribution is -0.136. The Morgan fingerprint density at radius 3 is 2.46 bits per heavy atom. The molecule has 11 heteroatoms. The fourth-order valence-corrected chi connectivity index (χ4v) is 5.50. The van der Waals surface area contributed by atoms with Crippen LogP contribution in [0.15, 0.2) is 48.5 Å². The lowest BCUT2D eigenvalue weighted by atomic mass is 10.0. The first kappa shape index (κ1) is 28.3. The van der Waals surface area contributed by atoms with Crippen LogP contribution in [0.25, 0.3) is 0 Å². The van der Waals surface area contributed by atoms with Crippen LogP contribution >= 0.6 is 0 Å². The van der Waals surface area contributed by atoms with Crippen LogP contribution in [0.1, 0.15) is 58.4 Å². The zero-order chi connectivity index (χ0) is 28.9. The molecule has 3 aliphatic rings. The Morgan fingerprint density at radius 1 is 0.976 bits per heavy atom. The summed E-state index contributed by atoms with van der Waals surface area (Å²) in [5.41, 5.74) is 2.09. The molecule has 0 radical (unpaired) electrons. The van der Waals surface area contributed by atoms with Crippen molar-refractivity contribution in [2.45, 2.75) is 50.9 Å². The summed E-state index contributed by atoms with van der Waals surface area (Å²) in [6, 6.07) is 13.7. The molecular formula is C30H34N4O7. The molecule has 0 aliphatic carbocycles. The van der Waals surface area contributed by atoms with E-state index in [0.29, 0.717) is 38.3 Å². The average Bonchev–Trinajstić information content (AvgIpc) is 3.24. The predicted molar refractivity (Wildman–Crippen MR) is 148 cm³/mol. The second-order valence-electron chi connectivity index (χ2n) is 10.5. The normalized spacial score (nSPS) is 19.3. The maximum Gasteiger partial charge on any atom is 0.410 e. The van der Waals surface area contributed by atoms with Crippen molar-refractivity contribution in [1.82, 2.24) is 15.1 Å². The van der Waals surface area contributed by atoms with Gasteiger partial charge < -0.3 is 19.3 Å². The van der Waals surface area contributed by atoms with Gasteiger partial charge in [0.15, 0.2) is 0 Å². The van der Waals surface area contributed by atoms with Gasteiger partial charge in [0.2, 0.25) is 11.8 Å². The summed E-state index contributed by atoms with van der Waals surface area (Å²) >= 11 is 0. The summed E-state index contributed by atoms with van der Waals surface area (Å²) in [5.74, 6) is -2.07. The number of piperidine rings is 2. The van der Waals surface area contributed by atoms with Crippen molar-refractivity contribution in [3.8, 4) is 0 Å². The van der Waals surface area contributed by atoms with E-state index in [1.165, 1.54) is 0 Å². The smallest absolute Gasteiger partial charge is 0.410 e. The van der Waals surface area contributed by atoms with Gasteiger partial charge in [-0.25, -0.2) is 4.79 Å². The van der Waals surface area contributed by atoms with Gasteiger partial charge in [0, 0.05) is 39.7 Å². The maximum absolute atomic E-state index is 13.3. The molecule has 5 amide bonds. The van der Waals surface area contributed by atoms with Gasteiger partial charge >= 0.3 is 6.09 Å². The number of nitrogens with one attached hydrogen (secondary N) is 1. The standard InChI is InChI=1S/C30H34N4O7/c1-32(15-6-18-40-21-13-16-33(17-14-21)30(39)41-19-20-7-3-2-4-8-20)23-10-5-9-22-26(23)29(38)34(28(22)37)24-11-12-25(35)31-27(24)36/h2-5,7-10,21,24H,6,11-19H2,1H3,(H,31,35,36). The minimum atomic E-state index is -0.996. The third kappa shape index (κ3) is 6.25. The number of nitrogens with zero attached hydrogens (tertiary/aromatic N) is 3. The number of imide groups is 2. The monoisotopic (exact) mass is 562 g/mol. The third-order valence-electron chi connectivity index (χ3n) is 7.75. The van der Waals surface area contributed by atoms with Crippen LogP contribution in [0.3, 0.4) is 0 Å². The molecular weight excluding hydrogens is 528 g/mol. The Kier molecular flexibility index (Phi) is 8.63. The Morgan fingerprint density at radius 2 is 1.73 bits per heavy atom. The first-order chi connectivity index (χ1) is 19.8. The van der Waals surface area contributed by atoms with E-state index in [2.05, 4.69) is 5.32 Å². The minimum absolute atomic E-state index is 0.0562. The highest BCUT2D eigenvalue weighted by atomic mass is 16.6. The number of anilines is 1. The molecule has 3 aliphatic heterocycles. The molecule has 1 N–H and O–H groups in total. The average molecular weight is 563 g/mol. The topological polar surface area (TPSA) is 126 Å². The lowest BCUT2D eigenvalue weighted by Gasteiger charge is -2.31. The number of carbonyl (C=O) groups is 5. The number of fused-ring (bicyclic) bond motifs is 1. The number of carbonyl (C=O) groups excluding carboxylic acids is 5. The summed E-state index contributed by atoms with van der Waals surface area (Å²) in [4.78, 5) is 67.3. The van der Waals surface area contributed by atoms with Gasteiger partial charge in [-0.15, -0.1) is 0 Å². The Labute approximate surface area is 238 Å². The van der Waals surface area contributed by atoms with E-state index >= 15 is 0 Å². The van der Waals surface area contributed by atoms with Crippen LogP contribution in [0, 0.1) is 0 Å². The number of benzene rings is 2. The van der Waals surface area contributed by atoms with E-state index in [9.17, 15) is 24.0 Å². The number of hydrogen-bond acceptors (Lipinski definition) is 8. The molecule has 1 unspecified atom stereocenters. The summed E-state index contributed by atoms with van der Waals surface area (Å²) in [6.07, 6.45) is 2.10. The summed E-state index contributed by atoms with van der Waals surface area (Å²) in [6.45, 7) is 2.50. The van der Waals surface area contributed by atoms with Crippen molar-refractivity contribution >= 4 is 35.4 Å². The van der Waals surface area contributed by atoms with Crippen LogP contribution in [-0.2, 0) is 25.7 Å². The van der Waals surface area contributed by atoms with E-state index < -0.39 is 29.7 Å². The molecule has 5 rings (SSSR count). The van der Waals surface area contributed by atoms with Gasteiger partial charge in [0.1, 0.15) is 12.6 Å². The molecule has 2 aromatic carbocycles. The fourth-order valence-electron chi connectivity index (χ4n) is 5.50. The molecule has 3 heterocycles. The van der Waals surface area contributed by atoms with Crippen molar-refractivity contribution in [3.63, 3.8) is 0 Å². The van der Waals surface area contributed by atoms with Crippen molar-refractivity contribution < 1.29 is 33.4 Å². The van der Waals surface area contributed by atoms with Crippen LogP contribution < -0.4 is 10.2 Å². The van der Waals surface area contributed by atoms with Gasteiger partial charge in [-0.05, 0) is 43.4 Å². The zero-order valence-corrected chi connectivity index (χ0v) is 23.0.